The van der Waals surface area contributed by atoms with Crippen LogP contribution in [0.2, 0.25) is 0 Å². The summed E-state index contributed by atoms with van der Waals surface area (Å²) in [5, 5.41) is 8.91. The molecule has 0 saturated carbocycles. The summed E-state index contributed by atoms with van der Waals surface area (Å²) in [6.45, 7) is 3.55. The Morgan fingerprint density at radius 3 is 2.71 bits per heavy atom. The fourth-order valence-electron chi connectivity index (χ4n) is 3.70. The lowest BCUT2D eigenvalue weighted by Gasteiger charge is -2.27. The highest BCUT2D eigenvalue weighted by Gasteiger charge is 2.44. The number of rotatable bonds is 5. The molecule has 2 aliphatic rings. The maximum atomic E-state index is 12.7. The first-order valence-corrected chi connectivity index (χ1v) is 11.8. The number of carbonyl (C=O) groups is 2. The molecule has 9 nitrogen and oxygen atoms in total. The molecule has 1 aromatic rings. The highest BCUT2D eigenvalue weighted by Crippen LogP contribution is 2.25. The molecule has 0 radical (unpaired) electrons. The third-order valence-corrected chi connectivity index (χ3v) is 7.95. The number of likely N-dealkylation sites (tertiary alicyclic amines) is 1. The number of fused-ring (bicyclic) bond motifs is 1. The van der Waals surface area contributed by atoms with Gasteiger partial charge in [-0.3, -0.25) is 14.6 Å². The van der Waals surface area contributed by atoms with Crippen LogP contribution in [0, 0.1) is 29.6 Å². The molecule has 0 bridgehead atoms. The van der Waals surface area contributed by atoms with E-state index < -0.39 is 20.5 Å². The van der Waals surface area contributed by atoms with Gasteiger partial charge in [-0.05, 0) is 51.3 Å². The Morgan fingerprint density at radius 2 is 2.13 bits per heavy atom. The molecule has 1 fully saturated rings. The van der Waals surface area contributed by atoms with Crippen LogP contribution in [0.3, 0.4) is 0 Å². The second-order valence-electron chi connectivity index (χ2n) is 8.26. The number of sulfone groups is 1. The van der Waals surface area contributed by atoms with Crippen molar-refractivity contribution in [2.75, 3.05) is 32.9 Å². The van der Waals surface area contributed by atoms with Gasteiger partial charge in [0, 0.05) is 42.7 Å². The van der Waals surface area contributed by atoms with Crippen molar-refractivity contribution in [3.05, 3.63) is 23.5 Å². The minimum Gasteiger partial charge on any atom is -0.318 e. The summed E-state index contributed by atoms with van der Waals surface area (Å²) in [5.41, 5.74) is 2.82. The molecule has 0 spiro atoms. The van der Waals surface area contributed by atoms with E-state index in [-0.39, 0.29) is 25.5 Å². The van der Waals surface area contributed by atoms with Crippen LogP contribution in [0.1, 0.15) is 31.0 Å². The Hall–Kier alpha value is -2.79. The number of hydroxylamine groups is 1. The van der Waals surface area contributed by atoms with Crippen molar-refractivity contribution >= 4 is 21.8 Å². The van der Waals surface area contributed by atoms with Crippen molar-refractivity contribution in [2.24, 2.45) is 5.92 Å². The Kier molecular flexibility index (Phi) is 6.46. The summed E-state index contributed by atoms with van der Waals surface area (Å²) in [7, 11) is -1.75. The predicted octanol–water partition coefficient (Wildman–Crippen LogP) is 0.277. The minimum atomic E-state index is -3.82. The van der Waals surface area contributed by atoms with Crippen molar-refractivity contribution in [1.82, 2.24) is 19.8 Å². The molecule has 166 valence electrons. The second kappa shape index (κ2) is 8.75. The van der Waals surface area contributed by atoms with Gasteiger partial charge in [-0.2, -0.15) is 0 Å². The van der Waals surface area contributed by atoms with Crippen molar-refractivity contribution in [2.45, 2.75) is 31.1 Å². The summed E-state index contributed by atoms with van der Waals surface area (Å²) in [5.74, 6) is 11.2. The summed E-state index contributed by atoms with van der Waals surface area (Å²) in [4.78, 5) is 28.3. The van der Waals surface area contributed by atoms with Gasteiger partial charge in [0.15, 0.2) is 14.6 Å². The maximum Gasteiger partial charge on any atom is 0.328 e. The SMILES string of the molecule is CN1CCC(C#CC#Cc2cc3n(c2)C(=O)N(CC[C@](C)(C(=O)NO)S(C)(=O)=O)C3)C1. The van der Waals surface area contributed by atoms with Gasteiger partial charge in [0.05, 0.1) is 6.54 Å². The Labute approximate surface area is 182 Å². The lowest BCUT2D eigenvalue weighted by atomic mass is 10.1. The molecule has 1 unspecified atom stereocenters. The van der Waals surface area contributed by atoms with Crippen LogP contribution >= 0.6 is 0 Å². The monoisotopic (exact) mass is 446 g/mol. The fraction of sp³-hybridized carbons (Fsp3) is 0.524. The quantitative estimate of drug-likeness (QED) is 0.382. The molecule has 0 aliphatic carbocycles. The zero-order chi connectivity index (χ0) is 22.8. The van der Waals surface area contributed by atoms with E-state index in [9.17, 15) is 18.0 Å². The highest BCUT2D eigenvalue weighted by molar-refractivity contribution is 7.92. The summed E-state index contributed by atoms with van der Waals surface area (Å²) < 4.78 is 23.8. The third-order valence-electron chi connectivity index (χ3n) is 5.93. The van der Waals surface area contributed by atoms with Crippen molar-refractivity contribution < 1.29 is 23.2 Å². The molecular formula is C21H26N4O5S. The predicted molar refractivity (Wildman–Crippen MR) is 114 cm³/mol. The number of nitrogens with one attached hydrogen (secondary N) is 1. The largest absolute Gasteiger partial charge is 0.328 e. The summed E-state index contributed by atoms with van der Waals surface area (Å²) in [6.07, 6.45) is 3.46. The molecule has 3 rings (SSSR count). The van der Waals surface area contributed by atoms with Gasteiger partial charge in [0.2, 0.25) is 0 Å². The lowest BCUT2D eigenvalue weighted by Crippen LogP contribution is -2.50. The van der Waals surface area contributed by atoms with Gasteiger partial charge < -0.3 is 9.80 Å². The lowest BCUT2D eigenvalue weighted by molar-refractivity contribution is -0.131. The molecule has 1 saturated heterocycles. The number of aromatic nitrogens is 1. The van der Waals surface area contributed by atoms with Gasteiger partial charge in [0.1, 0.15) is 0 Å². The molecule has 0 aromatic carbocycles. The molecule has 31 heavy (non-hydrogen) atoms. The van der Waals surface area contributed by atoms with Gasteiger partial charge in [-0.25, -0.2) is 18.7 Å². The summed E-state index contributed by atoms with van der Waals surface area (Å²) >= 11 is 0. The van der Waals surface area contributed by atoms with Crippen LogP contribution in [0.5, 0.6) is 0 Å². The van der Waals surface area contributed by atoms with E-state index in [1.807, 2.05) is 0 Å². The van der Waals surface area contributed by atoms with Crippen LogP contribution in [-0.2, 0) is 21.2 Å². The van der Waals surface area contributed by atoms with Crippen LogP contribution in [0.25, 0.3) is 0 Å². The molecule has 3 heterocycles. The fourth-order valence-corrected chi connectivity index (χ4v) is 4.54. The number of carbonyl (C=O) groups excluding carboxylic acids is 2. The summed E-state index contributed by atoms with van der Waals surface area (Å²) in [6, 6.07) is 1.48. The number of nitrogens with zero attached hydrogens (tertiary/aromatic N) is 3. The first kappa shape index (κ1) is 22.9. The normalized spacial score (nSPS) is 20.3. The minimum absolute atomic E-state index is 0.0415. The maximum absolute atomic E-state index is 12.7. The molecule has 2 N–H and O–H groups in total. The average molecular weight is 447 g/mol. The van der Waals surface area contributed by atoms with E-state index in [0.29, 0.717) is 11.5 Å². The topological polar surface area (TPSA) is 112 Å². The van der Waals surface area contributed by atoms with Gasteiger partial charge in [0.25, 0.3) is 5.91 Å². The number of amides is 2. The smallest absolute Gasteiger partial charge is 0.318 e. The molecule has 1 aromatic heterocycles. The molecule has 2 aliphatic heterocycles. The van der Waals surface area contributed by atoms with Crippen LogP contribution in [-0.4, -0.2) is 77.6 Å². The Bertz CT molecular complexity index is 1120. The van der Waals surface area contributed by atoms with Gasteiger partial charge in [-0.1, -0.05) is 11.8 Å². The first-order valence-electron chi connectivity index (χ1n) is 9.90. The number of hydrogen-bond donors (Lipinski definition) is 2. The zero-order valence-electron chi connectivity index (χ0n) is 17.8. The van der Waals surface area contributed by atoms with Crippen LogP contribution in [0.4, 0.5) is 4.79 Å². The van der Waals surface area contributed by atoms with Crippen molar-refractivity contribution in [3.63, 3.8) is 0 Å². The Morgan fingerprint density at radius 1 is 1.39 bits per heavy atom. The molecular weight excluding hydrogens is 420 g/mol. The number of hydrogen-bond acceptors (Lipinski definition) is 6. The van der Waals surface area contributed by atoms with Crippen molar-refractivity contribution in [1.29, 1.82) is 0 Å². The Balaban J connectivity index is 1.63. The second-order valence-corrected chi connectivity index (χ2v) is 10.7. The van der Waals surface area contributed by atoms with Gasteiger partial charge >= 0.3 is 6.03 Å². The van der Waals surface area contributed by atoms with E-state index >= 15 is 0 Å². The van der Waals surface area contributed by atoms with Crippen LogP contribution in [0.15, 0.2) is 12.3 Å². The van der Waals surface area contributed by atoms with E-state index in [0.717, 1.165) is 31.5 Å². The van der Waals surface area contributed by atoms with E-state index in [2.05, 4.69) is 35.6 Å². The first-order chi connectivity index (χ1) is 14.5. The van der Waals surface area contributed by atoms with E-state index in [1.54, 1.807) is 12.3 Å². The highest BCUT2D eigenvalue weighted by atomic mass is 32.2. The molecule has 2 atom stereocenters. The molecule has 10 heteroatoms. The zero-order valence-corrected chi connectivity index (χ0v) is 18.6. The van der Waals surface area contributed by atoms with Crippen LogP contribution < -0.4 is 5.48 Å². The van der Waals surface area contributed by atoms with E-state index in [1.165, 1.54) is 21.9 Å². The average Bonchev–Trinajstić information content (AvgIpc) is 3.38. The third kappa shape index (κ3) is 4.77. The van der Waals surface area contributed by atoms with E-state index in [4.69, 9.17) is 5.21 Å². The standard InChI is InChI=1S/C21H26N4O5S/c1-21(19(26)22-28,31(3,29)30)9-11-24-15-18-12-17(14-25(18)20(24)27)7-5-4-6-16-8-10-23(2)13-16/h12,14,16,28H,8-11,13,15H2,1-3H3,(H,22,26)/t16?,21-/m1/s1. The molecule has 2 amide bonds. The van der Waals surface area contributed by atoms with Gasteiger partial charge in [-0.15, -0.1) is 0 Å². The van der Waals surface area contributed by atoms with Crippen molar-refractivity contribution in [3.8, 4) is 23.7 Å².